The molecule has 0 radical (unpaired) electrons. The van der Waals surface area contributed by atoms with E-state index in [1.54, 1.807) is 26.8 Å². The van der Waals surface area contributed by atoms with Gasteiger partial charge in [-0.15, -0.1) is 13.2 Å². The zero-order chi connectivity index (χ0) is 19.9. The SMILES string of the molecule is C=CC[C@H](OC(=O)C(C)(C)C)[C@@]1(C(O)C=C)O[C@@H]2OC(C)(C)O[C@@H]2[C@H]1C. The summed E-state index contributed by atoms with van der Waals surface area (Å²) in [5.74, 6) is -1.46. The van der Waals surface area contributed by atoms with E-state index in [4.69, 9.17) is 18.9 Å². The average Bonchev–Trinajstić information content (AvgIpc) is 2.96. The van der Waals surface area contributed by atoms with Gasteiger partial charge in [-0.2, -0.15) is 0 Å². The van der Waals surface area contributed by atoms with E-state index < -0.39 is 35.3 Å². The molecule has 2 aliphatic rings. The Hall–Kier alpha value is -1.21. The monoisotopic (exact) mass is 368 g/mol. The van der Waals surface area contributed by atoms with Crippen molar-refractivity contribution in [2.75, 3.05) is 0 Å². The molecule has 6 heteroatoms. The van der Waals surface area contributed by atoms with Crippen LogP contribution in [-0.2, 0) is 23.7 Å². The summed E-state index contributed by atoms with van der Waals surface area (Å²) in [6.07, 6.45) is 0.486. The Labute approximate surface area is 156 Å². The van der Waals surface area contributed by atoms with Crippen LogP contribution in [0.4, 0.5) is 0 Å². The fourth-order valence-corrected chi connectivity index (χ4v) is 3.62. The van der Waals surface area contributed by atoms with Crippen LogP contribution in [0.2, 0.25) is 0 Å². The number of carbonyl (C=O) groups excluding carboxylic acids is 1. The zero-order valence-electron chi connectivity index (χ0n) is 16.7. The van der Waals surface area contributed by atoms with Crippen LogP contribution in [0.15, 0.2) is 25.3 Å². The van der Waals surface area contributed by atoms with Crippen LogP contribution in [-0.4, -0.2) is 47.1 Å². The van der Waals surface area contributed by atoms with Gasteiger partial charge in [0.1, 0.15) is 23.9 Å². The van der Waals surface area contributed by atoms with Crippen molar-refractivity contribution in [2.24, 2.45) is 11.3 Å². The van der Waals surface area contributed by atoms with Gasteiger partial charge < -0.3 is 24.1 Å². The van der Waals surface area contributed by atoms with Crippen LogP contribution >= 0.6 is 0 Å². The molecule has 6 nitrogen and oxygen atoms in total. The van der Waals surface area contributed by atoms with Crippen LogP contribution in [0.3, 0.4) is 0 Å². The van der Waals surface area contributed by atoms with Crippen LogP contribution in [0.5, 0.6) is 0 Å². The average molecular weight is 368 g/mol. The first-order valence-corrected chi connectivity index (χ1v) is 9.05. The lowest BCUT2D eigenvalue weighted by Crippen LogP contribution is -2.58. The van der Waals surface area contributed by atoms with Crippen LogP contribution in [0.1, 0.15) is 48.0 Å². The zero-order valence-corrected chi connectivity index (χ0v) is 16.7. The number of rotatable bonds is 6. The molecule has 1 N–H and O–H groups in total. The summed E-state index contributed by atoms with van der Waals surface area (Å²) in [6, 6.07) is 0. The summed E-state index contributed by atoms with van der Waals surface area (Å²) in [5.41, 5.74) is -1.92. The molecule has 0 aliphatic carbocycles. The summed E-state index contributed by atoms with van der Waals surface area (Å²) >= 11 is 0. The lowest BCUT2D eigenvalue weighted by molar-refractivity contribution is -0.269. The molecule has 2 aliphatic heterocycles. The van der Waals surface area contributed by atoms with E-state index in [0.717, 1.165) is 0 Å². The normalized spacial score (nSPS) is 35.4. The number of hydrogen-bond donors (Lipinski definition) is 1. The highest BCUT2D eigenvalue weighted by Crippen LogP contribution is 2.50. The second-order valence-corrected chi connectivity index (χ2v) is 8.58. The van der Waals surface area contributed by atoms with E-state index in [0.29, 0.717) is 6.42 Å². The summed E-state index contributed by atoms with van der Waals surface area (Å²) < 4.78 is 23.8. The summed E-state index contributed by atoms with van der Waals surface area (Å²) in [4.78, 5) is 12.5. The summed E-state index contributed by atoms with van der Waals surface area (Å²) in [6.45, 7) is 18.3. The predicted molar refractivity (Wildman–Crippen MR) is 97.2 cm³/mol. The summed E-state index contributed by atoms with van der Waals surface area (Å²) in [5, 5.41) is 10.8. The molecule has 2 fully saturated rings. The third-order valence-electron chi connectivity index (χ3n) is 5.04. The predicted octanol–water partition coefficient (Wildman–Crippen LogP) is 2.95. The van der Waals surface area contributed by atoms with Crippen molar-refractivity contribution in [3.8, 4) is 0 Å². The first-order valence-electron chi connectivity index (χ1n) is 9.05. The third kappa shape index (κ3) is 3.60. The minimum absolute atomic E-state index is 0.306. The van der Waals surface area contributed by atoms with Gasteiger partial charge in [-0.25, -0.2) is 0 Å². The number of aliphatic hydroxyl groups is 1. The van der Waals surface area contributed by atoms with Crippen molar-refractivity contribution in [1.82, 2.24) is 0 Å². The number of ether oxygens (including phenoxy) is 4. The first-order chi connectivity index (χ1) is 11.9. The van der Waals surface area contributed by atoms with Gasteiger partial charge in [-0.1, -0.05) is 19.1 Å². The molecule has 1 unspecified atom stereocenters. The molecule has 0 bridgehead atoms. The van der Waals surface area contributed by atoms with Crippen LogP contribution in [0.25, 0.3) is 0 Å². The molecule has 2 heterocycles. The Bertz CT molecular complexity index is 563. The quantitative estimate of drug-likeness (QED) is 0.574. The maximum absolute atomic E-state index is 12.5. The molecule has 2 saturated heterocycles. The van der Waals surface area contributed by atoms with Crippen molar-refractivity contribution >= 4 is 5.97 Å². The fraction of sp³-hybridized carbons (Fsp3) is 0.750. The Morgan fingerprint density at radius 3 is 2.35 bits per heavy atom. The highest BCUT2D eigenvalue weighted by Gasteiger charge is 2.65. The molecule has 148 valence electrons. The largest absolute Gasteiger partial charge is 0.458 e. The Morgan fingerprint density at radius 1 is 1.27 bits per heavy atom. The Morgan fingerprint density at radius 2 is 1.88 bits per heavy atom. The maximum atomic E-state index is 12.5. The number of aliphatic hydroxyl groups excluding tert-OH is 1. The molecule has 26 heavy (non-hydrogen) atoms. The fourth-order valence-electron chi connectivity index (χ4n) is 3.62. The van der Waals surface area contributed by atoms with Gasteiger partial charge in [-0.3, -0.25) is 4.79 Å². The molecule has 6 atom stereocenters. The van der Waals surface area contributed by atoms with E-state index in [-0.39, 0.29) is 18.0 Å². The molecular formula is C20H32O6. The lowest BCUT2D eigenvalue weighted by Gasteiger charge is -2.43. The number of carbonyl (C=O) groups is 1. The van der Waals surface area contributed by atoms with Crippen molar-refractivity contribution < 1.29 is 28.8 Å². The van der Waals surface area contributed by atoms with Gasteiger partial charge in [0.25, 0.3) is 0 Å². The van der Waals surface area contributed by atoms with Crippen molar-refractivity contribution in [3.05, 3.63) is 25.3 Å². The lowest BCUT2D eigenvalue weighted by atomic mass is 9.76. The van der Waals surface area contributed by atoms with Crippen molar-refractivity contribution in [2.45, 2.75) is 84.0 Å². The molecular weight excluding hydrogens is 336 g/mol. The Balaban J connectivity index is 2.40. The number of hydrogen-bond acceptors (Lipinski definition) is 6. The smallest absolute Gasteiger partial charge is 0.311 e. The Kier molecular flexibility index (Phi) is 5.74. The summed E-state index contributed by atoms with van der Waals surface area (Å²) in [7, 11) is 0. The first kappa shape index (κ1) is 21.1. The topological polar surface area (TPSA) is 74.2 Å². The van der Waals surface area contributed by atoms with E-state index in [1.165, 1.54) is 6.08 Å². The third-order valence-corrected chi connectivity index (χ3v) is 5.04. The number of fused-ring (bicyclic) bond motifs is 1. The van der Waals surface area contributed by atoms with Crippen molar-refractivity contribution in [1.29, 1.82) is 0 Å². The van der Waals surface area contributed by atoms with Gasteiger partial charge in [-0.05, 0) is 34.6 Å². The van der Waals surface area contributed by atoms with E-state index in [2.05, 4.69) is 13.2 Å². The molecule has 0 aromatic heterocycles. The molecule has 0 saturated carbocycles. The molecule has 0 aromatic carbocycles. The highest BCUT2D eigenvalue weighted by atomic mass is 16.8. The number of esters is 1. The maximum Gasteiger partial charge on any atom is 0.311 e. The van der Waals surface area contributed by atoms with E-state index in [1.807, 2.05) is 20.8 Å². The van der Waals surface area contributed by atoms with E-state index in [9.17, 15) is 9.90 Å². The second kappa shape index (κ2) is 7.08. The van der Waals surface area contributed by atoms with Gasteiger partial charge >= 0.3 is 5.97 Å². The van der Waals surface area contributed by atoms with Gasteiger partial charge in [0.15, 0.2) is 12.1 Å². The molecule has 0 aromatic rings. The minimum Gasteiger partial charge on any atom is -0.458 e. The van der Waals surface area contributed by atoms with Crippen molar-refractivity contribution in [3.63, 3.8) is 0 Å². The standard InChI is InChI=1S/C20H32O6/c1-9-11-14(23-17(22)18(4,5)6)20(13(21)10-2)12(3)15-16(26-20)25-19(7,8)24-15/h9-10,12-16,21H,1-2,11H2,3-8H3/t12-,13?,14+,15-,16+,20-/m1/s1. The minimum atomic E-state index is -1.23. The second-order valence-electron chi connectivity index (χ2n) is 8.58. The van der Waals surface area contributed by atoms with Gasteiger partial charge in [0.2, 0.25) is 0 Å². The highest BCUT2D eigenvalue weighted by molar-refractivity contribution is 5.75. The molecule has 0 spiro atoms. The van der Waals surface area contributed by atoms with E-state index >= 15 is 0 Å². The van der Waals surface area contributed by atoms with Crippen LogP contribution in [0, 0.1) is 11.3 Å². The molecule has 0 amide bonds. The van der Waals surface area contributed by atoms with Crippen LogP contribution < -0.4 is 0 Å². The van der Waals surface area contributed by atoms with Gasteiger partial charge in [0, 0.05) is 12.3 Å². The molecule has 2 rings (SSSR count). The van der Waals surface area contributed by atoms with Gasteiger partial charge in [0.05, 0.1) is 5.41 Å².